The smallest absolute Gasteiger partial charge is 0.303 e. The predicted octanol–water partition coefficient (Wildman–Crippen LogP) is 4.30. The number of nitrogens with one attached hydrogen (secondary N) is 1. The van der Waals surface area contributed by atoms with E-state index in [1.165, 1.54) is 0 Å². The molecule has 1 aliphatic rings. The summed E-state index contributed by atoms with van der Waals surface area (Å²) in [5.74, 6) is -1.88. The van der Waals surface area contributed by atoms with E-state index in [-0.39, 0.29) is 17.1 Å². The van der Waals surface area contributed by atoms with Gasteiger partial charge in [-0.15, -0.1) is 0 Å². The minimum absolute atomic E-state index is 0.205. The van der Waals surface area contributed by atoms with Gasteiger partial charge in [0.05, 0.1) is 23.6 Å². The van der Waals surface area contributed by atoms with E-state index in [0.717, 1.165) is 29.7 Å². The largest absolute Gasteiger partial charge is 0.481 e. The number of carbonyl (C=O) groups is 1. The normalized spacial score (nSPS) is 14.1. The predicted molar refractivity (Wildman–Crippen MR) is 136 cm³/mol. The molecule has 0 amide bonds. The van der Waals surface area contributed by atoms with Gasteiger partial charge >= 0.3 is 5.97 Å². The summed E-state index contributed by atoms with van der Waals surface area (Å²) in [5.41, 5.74) is 3.79. The molecule has 0 aromatic heterocycles. The van der Waals surface area contributed by atoms with Crippen molar-refractivity contribution in [3.8, 4) is 0 Å². The third kappa shape index (κ3) is 6.93. The fourth-order valence-electron chi connectivity index (χ4n) is 4.06. The number of aliphatic carboxylic acids is 1. The van der Waals surface area contributed by atoms with Crippen LogP contribution in [-0.2, 0) is 32.2 Å². The molecule has 0 bridgehead atoms. The molecule has 0 fully saturated rings. The van der Waals surface area contributed by atoms with Crippen LogP contribution in [0, 0.1) is 0 Å². The number of aryl methyl sites for hydroxylation is 2. The number of anilines is 1. The second-order valence-electron chi connectivity index (χ2n) is 8.49. The number of sulfone groups is 1. The molecular weight excluding hydrogens is 464 g/mol. The summed E-state index contributed by atoms with van der Waals surface area (Å²) in [6.07, 6.45) is 1.31. The quantitative estimate of drug-likeness (QED) is 0.437. The van der Waals surface area contributed by atoms with Crippen molar-refractivity contribution >= 4 is 27.5 Å². The number of rotatable bonds is 10. The van der Waals surface area contributed by atoms with Crippen molar-refractivity contribution in [2.24, 2.45) is 4.99 Å². The van der Waals surface area contributed by atoms with Crippen LogP contribution < -0.4 is 5.32 Å². The Morgan fingerprint density at radius 3 is 2.40 bits per heavy atom. The van der Waals surface area contributed by atoms with Gasteiger partial charge in [0.15, 0.2) is 9.84 Å². The van der Waals surface area contributed by atoms with Crippen molar-refractivity contribution in [2.45, 2.75) is 30.1 Å². The molecule has 1 aliphatic heterocycles. The van der Waals surface area contributed by atoms with E-state index < -0.39 is 21.7 Å². The number of hydrogen-bond acceptors (Lipinski definition) is 6. The first kappa shape index (κ1) is 24.5. The fourth-order valence-corrected chi connectivity index (χ4v) is 5.64. The molecule has 8 heteroatoms. The molecule has 3 aromatic carbocycles. The highest BCUT2D eigenvalue weighted by molar-refractivity contribution is 7.91. The molecule has 0 saturated carbocycles. The maximum absolute atomic E-state index is 13.0. The molecule has 0 spiro atoms. The Kier molecular flexibility index (Phi) is 7.82. The molecular formula is C27H28N2O5S. The van der Waals surface area contributed by atoms with E-state index in [2.05, 4.69) is 16.4 Å². The lowest BCUT2D eigenvalue weighted by Crippen LogP contribution is -2.18. The third-order valence-electron chi connectivity index (χ3n) is 5.86. The number of nitrogens with zero attached hydrogens (tertiary/aromatic N) is 1. The lowest BCUT2D eigenvalue weighted by molar-refractivity contribution is -0.137. The first-order chi connectivity index (χ1) is 16.9. The van der Waals surface area contributed by atoms with Crippen molar-refractivity contribution in [3.63, 3.8) is 0 Å². The Morgan fingerprint density at radius 2 is 1.71 bits per heavy atom. The number of carboxylic acids is 1. The van der Waals surface area contributed by atoms with Gasteiger partial charge in [0, 0.05) is 11.6 Å². The van der Waals surface area contributed by atoms with E-state index in [0.29, 0.717) is 24.7 Å². The van der Waals surface area contributed by atoms with E-state index in [1.807, 2.05) is 36.4 Å². The van der Waals surface area contributed by atoms with Crippen LogP contribution in [0.1, 0.15) is 29.0 Å². The van der Waals surface area contributed by atoms with E-state index in [1.54, 1.807) is 36.4 Å². The number of hydrogen-bond donors (Lipinski definition) is 2. The van der Waals surface area contributed by atoms with Crippen molar-refractivity contribution in [3.05, 3.63) is 95.6 Å². The molecule has 2 N–H and O–H groups in total. The number of amidine groups is 1. The molecule has 1 atom stereocenters. The van der Waals surface area contributed by atoms with Crippen LogP contribution in [0.5, 0.6) is 0 Å². The lowest BCUT2D eigenvalue weighted by Gasteiger charge is -2.16. The standard InChI is InChI=1S/C27H28N2O5S/c30-26(31)18-23(22-6-2-1-3-7-22)19-35(32,33)25-13-11-20(12-14-25)9-10-21-5-4-8-24(17-21)29-27-28-15-16-34-27/h1-8,11-14,17,23H,9-10,15-16,18-19H2,(H,28,29)(H,30,31). The van der Waals surface area contributed by atoms with Crippen LogP contribution in [0.15, 0.2) is 88.8 Å². The van der Waals surface area contributed by atoms with E-state index in [9.17, 15) is 18.3 Å². The van der Waals surface area contributed by atoms with Gasteiger partial charge in [0.1, 0.15) is 6.61 Å². The highest BCUT2D eigenvalue weighted by Crippen LogP contribution is 2.25. The van der Waals surface area contributed by atoms with Gasteiger partial charge in [0.25, 0.3) is 6.02 Å². The molecule has 4 rings (SSSR count). The van der Waals surface area contributed by atoms with Gasteiger partial charge in [-0.25, -0.2) is 13.4 Å². The second kappa shape index (κ2) is 11.2. The minimum Gasteiger partial charge on any atom is -0.481 e. The summed E-state index contributed by atoms with van der Waals surface area (Å²) in [7, 11) is -3.65. The zero-order valence-corrected chi connectivity index (χ0v) is 20.1. The molecule has 1 unspecified atom stereocenters. The summed E-state index contributed by atoms with van der Waals surface area (Å²) in [4.78, 5) is 15.8. The number of benzene rings is 3. The average molecular weight is 493 g/mol. The van der Waals surface area contributed by atoms with Gasteiger partial charge < -0.3 is 15.2 Å². The maximum atomic E-state index is 13.0. The van der Waals surface area contributed by atoms with Crippen molar-refractivity contribution in [1.82, 2.24) is 0 Å². The lowest BCUT2D eigenvalue weighted by atomic mass is 9.98. The Bertz CT molecular complexity index is 1290. The first-order valence-electron chi connectivity index (χ1n) is 11.5. The molecule has 3 aromatic rings. The van der Waals surface area contributed by atoms with Crippen LogP contribution >= 0.6 is 0 Å². The summed E-state index contributed by atoms with van der Waals surface area (Å²) >= 11 is 0. The van der Waals surface area contributed by atoms with Gasteiger partial charge in [-0.05, 0) is 53.8 Å². The van der Waals surface area contributed by atoms with Crippen LogP contribution in [0.4, 0.5) is 5.69 Å². The molecule has 0 radical (unpaired) electrons. The van der Waals surface area contributed by atoms with Crippen LogP contribution in [0.3, 0.4) is 0 Å². The van der Waals surface area contributed by atoms with Gasteiger partial charge in [-0.3, -0.25) is 4.79 Å². The maximum Gasteiger partial charge on any atom is 0.303 e. The molecule has 0 saturated heterocycles. The fraction of sp³-hybridized carbons (Fsp3) is 0.259. The average Bonchev–Trinajstić information content (AvgIpc) is 3.36. The van der Waals surface area contributed by atoms with E-state index in [4.69, 9.17) is 4.74 Å². The zero-order valence-electron chi connectivity index (χ0n) is 19.3. The van der Waals surface area contributed by atoms with Crippen molar-refractivity contribution < 1.29 is 23.1 Å². The van der Waals surface area contributed by atoms with Gasteiger partial charge in [-0.2, -0.15) is 0 Å². The number of carboxylic acid groups (broad SMARTS) is 1. The molecule has 182 valence electrons. The van der Waals surface area contributed by atoms with Gasteiger partial charge in [0.2, 0.25) is 0 Å². The Hall–Kier alpha value is -3.65. The summed E-state index contributed by atoms with van der Waals surface area (Å²) in [5, 5.41) is 12.4. The summed E-state index contributed by atoms with van der Waals surface area (Å²) < 4.78 is 31.5. The molecule has 0 aliphatic carbocycles. The highest BCUT2D eigenvalue weighted by atomic mass is 32.2. The van der Waals surface area contributed by atoms with E-state index >= 15 is 0 Å². The van der Waals surface area contributed by atoms with Crippen LogP contribution in [0.2, 0.25) is 0 Å². The summed E-state index contributed by atoms with van der Waals surface area (Å²) in [6, 6.07) is 24.4. The third-order valence-corrected chi connectivity index (χ3v) is 7.69. The number of aliphatic imine (C=N–C) groups is 1. The zero-order chi connectivity index (χ0) is 24.7. The highest BCUT2D eigenvalue weighted by Gasteiger charge is 2.24. The van der Waals surface area contributed by atoms with Crippen molar-refractivity contribution in [1.29, 1.82) is 0 Å². The number of ether oxygens (including phenoxy) is 1. The summed E-state index contributed by atoms with van der Waals surface area (Å²) in [6.45, 7) is 1.26. The molecule has 35 heavy (non-hydrogen) atoms. The van der Waals surface area contributed by atoms with Crippen LogP contribution in [0.25, 0.3) is 0 Å². The van der Waals surface area contributed by atoms with Crippen molar-refractivity contribution in [2.75, 3.05) is 24.2 Å². The second-order valence-corrected chi connectivity index (χ2v) is 10.5. The molecule has 1 heterocycles. The topological polar surface area (TPSA) is 105 Å². The SMILES string of the molecule is O=C(O)CC(CS(=O)(=O)c1ccc(CCc2cccc(NC3=NCCO3)c2)cc1)c1ccccc1. The minimum atomic E-state index is -3.65. The Balaban J connectivity index is 1.39. The van der Waals surface area contributed by atoms with Gasteiger partial charge in [-0.1, -0.05) is 54.6 Å². The first-order valence-corrected chi connectivity index (χ1v) is 13.2. The Morgan fingerprint density at radius 1 is 0.971 bits per heavy atom. The molecule has 7 nitrogen and oxygen atoms in total. The van der Waals surface area contributed by atoms with Crippen LogP contribution in [-0.4, -0.2) is 44.4 Å². The monoisotopic (exact) mass is 492 g/mol. The Labute approximate surface area is 205 Å².